The number of ether oxygens (including phenoxy) is 2. The van der Waals surface area contributed by atoms with Crippen molar-refractivity contribution in [3.8, 4) is 0 Å². The number of halogens is 1. The molecule has 1 aromatic rings. The van der Waals surface area contributed by atoms with Crippen molar-refractivity contribution >= 4 is 24.3 Å². The Bertz CT molecular complexity index is 641. The molecule has 0 aromatic heterocycles. The van der Waals surface area contributed by atoms with Gasteiger partial charge in [-0.2, -0.15) is 0 Å². The van der Waals surface area contributed by atoms with Crippen molar-refractivity contribution in [3.63, 3.8) is 0 Å². The van der Waals surface area contributed by atoms with Crippen LogP contribution in [-0.4, -0.2) is 58.9 Å². The van der Waals surface area contributed by atoms with E-state index in [1.807, 2.05) is 35.2 Å². The van der Waals surface area contributed by atoms with Crippen LogP contribution in [-0.2, 0) is 14.3 Å². The number of epoxide rings is 1. The van der Waals surface area contributed by atoms with Crippen LogP contribution in [0.1, 0.15) is 24.3 Å². The van der Waals surface area contributed by atoms with Crippen molar-refractivity contribution < 1.29 is 19.4 Å². The van der Waals surface area contributed by atoms with E-state index in [1.165, 1.54) is 0 Å². The first-order valence-corrected chi connectivity index (χ1v) is 8.24. The Labute approximate surface area is 152 Å². The van der Waals surface area contributed by atoms with Crippen LogP contribution in [0.2, 0.25) is 0 Å². The van der Waals surface area contributed by atoms with Crippen LogP contribution in [0.15, 0.2) is 30.3 Å². The van der Waals surface area contributed by atoms with Gasteiger partial charge in [0.2, 0.25) is 0 Å². The van der Waals surface area contributed by atoms with Crippen LogP contribution >= 0.6 is 12.4 Å². The molecule has 4 rings (SSSR count). The van der Waals surface area contributed by atoms with Crippen LogP contribution in [0.5, 0.6) is 0 Å². The summed E-state index contributed by atoms with van der Waals surface area (Å²) in [5.74, 6) is -1.01. The number of morpholine rings is 1. The van der Waals surface area contributed by atoms with E-state index >= 15 is 0 Å². The third-order valence-corrected chi connectivity index (χ3v) is 5.27. The summed E-state index contributed by atoms with van der Waals surface area (Å²) in [5.41, 5.74) is 6.43. The molecule has 1 aromatic carbocycles. The first-order valence-electron chi connectivity index (χ1n) is 8.24. The van der Waals surface area contributed by atoms with Crippen molar-refractivity contribution in [1.29, 1.82) is 5.41 Å². The summed E-state index contributed by atoms with van der Waals surface area (Å²) >= 11 is 0. The van der Waals surface area contributed by atoms with E-state index in [2.05, 4.69) is 0 Å². The zero-order chi connectivity index (χ0) is 16.8. The molecule has 3 aliphatic heterocycles. The van der Waals surface area contributed by atoms with E-state index < -0.39 is 11.9 Å². The number of nitrogens with zero attached hydrogens (tertiary/aromatic N) is 1. The van der Waals surface area contributed by atoms with Crippen LogP contribution < -0.4 is 5.73 Å². The van der Waals surface area contributed by atoms with Gasteiger partial charge in [-0.15, -0.1) is 12.4 Å². The number of aliphatic hydroxyl groups excluding tert-OH is 1. The maximum atomic E-state index is 12.5. The van der Waals surface area contributed by atoms with Gasteiger partial charge in [-0.05, 0) is 5.56 Å². The van der Waals surface area contributed by atoms with Gasteiger partial charge in [-0.3, -0.25) is 10.2 Å². The van der Waals surface area contributed by atoms with Crippen LogP contribution in [0.4, 0.5) is 0 Å². The maximum absolute atomic E-state index is 12.5. The summed E-state index contributed by atoms with van der Waals surface area (Å²) in [7, 11) is 0. The van der Waals surface area contributed by atoms with Crippen LogP contribution in [0.25, 0.3) is 0 Å². The average molecular weight is 368 g/mol. The summed E-state index contributed by atoms with van der Waals surface area (Å²) in [5, 5.41) is 17.3. The number of hydrogen-bond acceptors (Lipinski definition) is 5. The Morgan fingerprint density at radius 3 is 2.44 bits per heavy atom. The zero-order valence-electron chi connectivity index (χ0n) is 13.6. The Hall–Kier alpha value is -1.83. The third-order valence-electron chi connectivity index (χ3n) is 5.27. The van der Waals surface area contributed by atoms with Gasteiger partial charge in [-0.25, -0.2) is 0 Å². The molecule has 0 saturated carbocycles. The van der Waals surface area contributed by atoms with E-state index in [4.69, 9.17) is 20.6 Å². The highest BCUT2D eigenvalue weighted by Crippen LogP contribution is 2.48. The van der Waals surface area contributed by atoms with Crippen molar-refractivity contribution in [1.82, 2.24) is 4.90 Å². The Morgan fingerprint density at radius 1 is 1.32 bits per heavy atom. The lowest BCUT2D eigenvalue weighted by Crippen LogP contribution is -2.55. The molecule has 5 unspecified atom stereocenters. The van der Waals surface area contributed by atoms with Crippen molar-refractivity contribution in [2.45, 2.75) is 49.2 Å². The molecule has 25 heavy (non-hydrogen) atoms. The molecule has 4 N–H and O–H groups in total. The summed E-state index contributed by atoms with van der Waals surface area (Å²) in [6.07, 6.45) is 1.19. The summed E-state index contributed by atoms with van der Waals surface area (Å²) in [6.45, 7) is -0.281. The Balaban J connectivity index is 0.00000182. The lowest BCUT2D eigenvalue weighted by Gasteiger charge is -2.40. The molecule has 2 bridgehead atoms. The van der Waals surface area contributed by atoms with Crippen molar-refractivity contribution in [3.05, 3.63) is 35.9 Å². The van der Waals surface area contributed by atoms with Gasteiger partial charge in [0.1, 0.15) is 24.2 Å². The fraction of sp³-hybridized carbons (Fsp3) is 0.529. The molecular weight excluding hydrogens is 346 g/mol. The molecule has 0 amide bonds. The second kappa shape index (κ2) is 6.82. The van der Waals surface area contributed by atoms with Gasteiger partial charge in [0.15, 0.2) is 5.96 Å². The highest BCUT2D eigenvalue weighted by atomic mass is 35.5. The van der Waals surface area contributed by atoms with E-state index in [0.717, 1.165) is 5.56 Å². The molecule has 3 aliphatic rings. The molecule has 136 valence electrons. The predicted octanol–water partition coefficient (Wildman–Crippen LogP) is 0.604. The number of nitrogens with two attached hydrogens (primary N) is 1. The second-order valence-electron chi connectivity index (χ2n) is 6.67. The molecule has 7 nitrogen and oxygen atoms in total. The number of piperidine rings is 1. The molecule has 3 heterocycles. The fourth-order valence-corrected chi connectivity index (χ4v) is 4.15. The molecule has 0 aliphatic carbocycles. The summed E-state index contributed by atoms with van der Waals surface area (Å²) < 4.78 is 11.3. The quantitative estimate of drug-likeness (QED) is 0.311. The Morgan fingerprint density at radius 2 is 1.92 bits per heavy atom. The molecule has 8 heteroatoms. The lowest BCUT2D eigenvalue weighted by molar-refractivity contribution is -0.155. The highest BCUT2D eigenvalue weighted by Gasteiger charge is 2.64. The van der Waals surface area contributed by atoms with E-state index in [0.29, 0.717) is 12.8 Å². The molecule has 5 atom stereocenters. The smallest absolute Gasteiger partial charge is 0.316 e. The summed E-state index contributed by atoms with van der Waals surface area (Å²) in [6, 6.07) is 9.18. The van der Waals surface area contributed by atoms with E-state index in [9.17, 15) is 9.90 Å². The van der Waals surface area contributed by atoms with E-state index in [-0.39, 0.29) is 55.4 Å². The molecular formula is C17H22ClN3O4. The minimum absolute atomic E-state index is 0. The average Bonchev–Trinajstić information content (AvgIpc) is 3.32. The number of guanidine groups is 1. The number of benzene rings is 1. The molecule has 3 fully saturated rings. The standard InChI is InChI=1S/C17H21N3O4.ClH/c18-17(19)20-12-6-10(7-13(20)15-14(12)24-15)23-16(22)11(8-21)9-4-2-1-3-5-9;/h1-5,10-15,21H,6-8H2,(H3,18,19);1H. The Kier molecular flexibility index (Phi) is 4.90. The molecule has 0 radical (unpaired) electrons. The van der Waals surface area contributed by atoms with Gasteiger partial charge in [0.25, 0.3) is 0 Å². The highest BCUT2D eigenvalue weighted by molar-refractivity contribution is 5.85. The van der Waals surface area contributed by atoms with Gasteiger partial charge in [-0.1, -0.05) is 30.3 Å². The van der Waals surface area contributed by atoms with Gasteiger partial charge < -0.3 is 25.2 Å². The fourth-order valence-electron chi connectivity index (χ4n) is 4.15. The normalized spacial score (nSPS) is 33.0. The number of esters is 1. The number of fused-ring (bicyclic) bond motifs is 5. The number of carbonyl (C=O) groups is 1. The minimum atomic E-state index is -0.666. The first-order chi connectivity index (χ1) is 11.6. The largest absolute Gasteiger partial charge is 0.462 e. The van der Waals surface area contributed by atoms with Crippen molar-refractivity contribution in [2.75, 3.05) is 6.61 Å². The molecule has 3 saturated heterocycles. The first kappa shape index (κ1) is 18.0. The maximum Gasteiger partial charge on any atom is 0.316 e. The van der Waals surface area contributed by atoms with Crippen molar-refractivity contribution in [2.24, 2.45) is 5.73 Å². The second-order valence-corrected chi connectivity index (χ2v) is 6.67. The molecule has 0 spiro atoms. The number of nitrogens with one attached hydrogen (secondary N) is 1. The monoisotopic (exact) mass is 367 g/mol. The number of aliphatic hydroxyl groups is 1. The van der Waals surface area contributed by atoms with Gasteiger partial charge in [0.05, 0.1) is 18.7 Å². The predicted molar refractivity (Wildman–Crippen MR) is 92.6 cm³/mol. The SMILES string of the molecule is Cl.N=C(N)N1C2CC(OC(=O)C(CO)c3ccccc3)CC1C1OC12. The number of carbonyl (C=O) groups excluding carboxylic acids is 1. The van der Waals surface area contributed by atoms with Crippen LogP contribution in [0, 0.1) is 5.41 Å². The number of hydrogen-bond donors (Lipinski definition) is 3. The summed E-state index contributed by atoms with van der Waals surface area (Å²) in [4.78, 5) is 14.4. The minimum Gasteiger partial charge on any atom is -0.462 e. The zero-order valence-corrected chi connectivity index (χ0v) is 14.4. The van der Waals surface area contributed by atoms with Crippen LogP contribution in [0.3, 0.4) is 0 Å². The third kappa shape index (κ3) is 3.07. The van der Waals surface area contributed by atoms with Gasteiger partial charge in [0, 0.05) is 12.8 Å². The topological polar surface area (TPSA) is 112 Å². The van der Waals surface area contributed by atoms with E-state index in [1.54, 1.807) is 0 Å². The lowest BCUT2D eigenvalue weighted by atomic mass is 9.97. The van der Waals surface area contributed by atoms with Gasteiger partial charge >= 0.3 is 5.97 Å². The number of rotatable bonds is 4.